The number of aliphatic hydroxyl groups is 1. The summed E-state index contributed by atoms with van der Waals surface area (Å²) in [6.07, 6.45) is 0.0378. The first kappa shape index (κ1) is 21.6. The normalized spacial score (nSPS) is 14.2. The summed E-state index contributed by atoms with van der Waals surface area (Å²) in [4.78, 5) is 29.8. The fourth-order valence-corrected chi connectivity index (χ4v) is 3.55. The van der Waals surface area contributed by atoms with Crippen LogP contribution in [0.4, 0.5) is 5.69 Å². The third-order valence-corrected chi connectivity index (χ3v) is 5.00. The van der Waals surface area contributed by atoms with E-state index in [9.17, 15) is 14.7 Å². The molecule has 0 bridgehead atoms. The molecule has 158 valence electrons. The van der Waals surface area contributed by atoms with Gasteiger partial charge < -0.3 is 14.7 Å². The Morgan fingerprint density at radius 2 is 1.70 bits per heavy atom. The van der Waals surface area contributed by atoms with Crippen LogP contribution >= 0.6 is 0 Å². The standard InChI is InChI=1S/C24H28N2O4/c1-15(2)30-19-10-8-18(9-11-19)21-22(25(5)12-13-27)24(29)26(23(21)28)20-14-16(3)6-7-17(20)4/h6-11,14-15,27H,12-13H2,1-5H3. The predicted molar refractivity (Wildman–Crippen MR) is 117 cm³/mol. The lowest BCUT2D eigenvalue weighted by Gasteiger charge is -2.21. The van der Waals surface area contributed by atoms with Crippen LogP contribution in [-0.4, -0.2) is 48.1 Å². The Hall–Kier alpha value is -3.12. The largest absolute Gasteiger partial charge is 0.491 e. The van der Waals surface area contributed by atoms with Gasteiger partial charge in [-0.1, -0.05) is 24.3 Å². The van der Waals surface area contributed by atoms with Gasteiger partial charge in [-0.15, -0.1) is 0 Å². The maximum atomic E-state index is 13.5. The van der Waals surface area contributed by atoms with Gasteiger partial charge in [-0.2, -0.15) is 0 Å². The van der Waals surface area contributed by atoms with E-state index in [1.807, 2.05) is 45.9 Å². The van der Waals surface area contributed by atoms with Crippen molar-refractivity contribution in [3.05, 3.63) is 64.9 Å². The second-order valence-corrected chi connectivity index (χ2v) is 7.80. The minimum Gasteiger partial charge on any atom is -0.491 e. The molecule has 1 heterocycles. The van der Waals surface area contributed by atoms with Gasteiger partial charge >= 0.3 is 0 Å². The molecule has 2 aromatic carbocycles. The first-order valence-electron chi connectivity index (χ1n) is 10.0. The summed E-state index contributed by atoms with van der Waals surface area (Å²) in [5, 5.41) is 9.40. The number of nitrogens with zero attached hydrogens (tertiary/aromatic N) is 2. The molecular formula is C24H28N2O4. The van der Waals surface area contributed by atoms with Crippen LogP contribution in [0.25, 0.3) is 5.57 Å². The number of rotatable bonds is 7. The molecule has 0 saturated carbocycles. The van der Waals surface area contributed by atoms with Crippen LogP contribution in [0.1, 0.15) is 30.5 Å². The Morgan fingerprint density at radius 3 is 2.30 bits per heavy atom. The first-order valence-corrected chi connectivity index (χ1v) is 10.0. The highest BCUT2D eigenvalue weighted by Crippen LogP contribution is 2.36. The molecule has 0 unspecified atom stereocenters. The van der Waals surface area contributed by atoms with Gasteiger partial charge in [0.1, 0.15) is 11.4 Å². The van der Waals surface area contributed by atoms with Gasteiger partial charge in [-0.3, -0.25) is 9.59 Å². The molecule has 6 nitrogen and oxygen atoms in total. The van der Waals surface area contributed by atoms with Crippen molar-refractivity contribution >= 4 is 23.1 Å². The number of carbonyl (C=O) groups is 2. The smallest absolute Gasteiger partial charge is 0.282 e. The van der Waals surface area contributed by atoms with Crippen LogP contribution in [-0.2, 0) is 9.59 Å². The van der Waals surface area contributed by atoms with E-state index in [0.717, 1.165) is 11.1 Å². The lowest BCUT2D eigenvalue weighted by atomic mass is 10.0. The molecule has 2 amide bonds. The molecule has 0 spiro atoms. The van der Waals surface area contributed by atoms with Gasteiger partial charge in [0.25, 0.3) is 11.8 Å². The Balaban J connectivity index is 2.09. The van der Waals surface area contributed by atoms with E-state index in [4.69, 9.17) is 4.74 Å². The second kappa shape index (κ2) is 8.71. The second-order valence-electron chi connectivity index (χ2n) is 7.80. The molecule has 0 aromatic heterocycles. The monoisotopic (exact) mass is 408 g/mol. The van der Waals surface area contributed by atoms with Gasteiger partial charge in [0.2, 0.25) is 0 Å². The van der Waals surface area contributed by atoms with Gasteiger partial charge in [0.15, 0.2) is 0 Å². The SMILES string of the molecule is Cc1ccc(C)c(N2C(=O)C(c3ccc(OC(C)C)cc3)=C(N(C)CCO)C2=O)c1. The number of carbonyl (C=O) groups excluding carboxylic acids is 2. The van der Waals surface area contributed by atoms with Crippen molar-refractivity contribution < 1.29 is 19.4 Å². The van der Waals surface area contributed by atoms with Crippen LogP contribution in [0.15, 0.2) is 48.2 Å². The molecule has 1 aliphatic rings. The Labute approximate surface area is 177 Å². The number of hydrogen-bond acceptors (Lipinski definition) is 5. The van der Waals surface area contributed by atoms with Crippen LogP contribution in [0, 0.1) is 13.8 Å². The number of imide groups is 1. The highest BCUT2D eigenvalue weighted by Gasteiger charge is 2.42. The van der Waals surface area contributed by atoms with Gasteiger partial charge in [0.05, 0.1) is 24.0 Å². The Bertz CT molecular complexity index is 993. The lowest BCUT2D eigenvalue weighted by molar-refractivity contribution is -0.120. The van der Waals surface area contributed by atoms with Gasteiger partial charge in [0, 0.05) is 13.6 Å². The van der Waals surface area contributed by atoms with E-state index in [1.54, 1.807) is 36.2 Å². The summed E-state index contributed by atoms with van der Waals surface area (Å²) in [7, 11) is 1.71. The zero-order valence-corrected chi connectivity index (χ0v) is 18.1. The summed E-state index contributed by atoms with van der Waals surface area (Å²) >= 11 is 0. The van der Waals surface area contributed by atoms with Crippen LogP contribution in [0.2, 0.25) is 0 Å². The fourth-order valence-electron chi connectivity index (χ4n) is 3.55. The average Bonchev–Trinajstić information content (AvgIpc) is 2.94. The van der Waals surface area contributed by atoms with E-state index in [1.165, 1.54) is 4.90 Å². The van der Waals surface area contributed by atoms with Crippen molar-refractivity contribution in [1.29, 1.82) is 0 Å². The van der Waals surface area contributed by atoms with Crippen molar-refractivity contribution in [1.82, 2.24) is 4.90 Å². The minimum atomic E-state index is -0.387. The summed E-state index contributed by atoms with van der Waals surface area (Å²) < 4.78 is 5.69. The zero-order chi connectivity index (χ0) is 22.0. The van der Waals surface area contributed by atoms with E-state index in [2.05, 4.69) is 0 Å². The van der Waals surface area contributed by atoms with E-state index < -0.39 is 0 Å². The molecule has 1 N–H and O–H groups in total. The minimum absolute atomic E-state index is 0.0378. The molecule has 1 aliphatic heterocycles. The van der Waals surface area contributed by atoms with Crippen LogP contribution < -0.4 is 9.64 Å². The topological polar surface area (TPSA) is 70.1 Å². The fraction of sp³-hybridized carbons (Fsp3) is 0.333. The molecule has 0 aliphatic carbocycles. The Morgan fingerprint density at radius 1 is 1.03 bits per heavy atom. The summed E-state index contributed by atoms with van der Waals surface area (Å²) in [6, 6.07) is 12.9. The molecule has 3 rings (SSSR count). The molecule has 0 atom stereocenters. The highest BCUT2D eigenvalue weighted by atomic mass is 16.5. The molecule has 0 radical (unpaired) electrons. The molecule has 2 aromatic rings. The van der Waals surface area contributed by atoms with Crippen molar-refractivity contribution in [2.24, 2.45) is 0 Å². The third kappa shape index (κ3) is 4.09. The summed E-state index contributed by atoms with van der Waals surface area (Å²) in [5.41, 5.74) is 3.63. The molecule has 6 heteroatoms. The van der Waals surface area contributed by atoms with E-state index >= 15 is 0 Å². The van der Waals surface area contributed by atoms with Crippen molar-refractivity contribution in [3.63, 3.8) is 0 Å². The van der Waals surface area contributed by atoms with Gasteiger partial charge in [-0.25, -0.2) is 4.90 Å². The predicted octanol–water partition coefficient (Wildman–Crippen LogP) is 3.30. The summed E-state index contributed by atoms with van der Waals surface area (Å²) in [5.74, 6) is -0.0593. The molecule has 0 fully saturated rings. The first-order chi connectivity index (χ1) is 14.2. The maximum absolute atomic E-state index is 13.5. The van der Waals surface area contributed by atoms with Gasteiger partial charge in [-0.05, 0) is 62.6 Å². The molecule has 0 saturated heterocycles. The van der Waals surface area contributed by atoms with Crippen molar-refractivity contribution in [3.8, 4) is 5.75 Å². The number of aliphatic hydroxyl groups excluding tert-OH is 1. The number of benzene rings is 2. The lowest BCUT2D eigenvalue weighted by Crippen LogP contribution is -2.35. The molecule has 30 heavy (non-hydrogen) atoms. The number of ether oxygens (including phenoxy) is 1. The number of anilines is 1. The summed E-state index contributed by atoms with van der Waals surface area (Å²) in [6.45, 7) is 7.81. The van der Waals surface area contributed by atoms with Crippen molar-refractivity contribution in [2.75, 3.05) is 25.1 Å². The number of aryl methyl sites for hydroxylation is 2. The maximum Gasteiger partial charge on any atom is 0.282 e. The number of likely N-dealkylation sites (N-methyl/N-ethyl adjacent to an activating group) is 1. The Kier molecular flexibility index (Phi) is 6.27. The van der Waals surface area contributed by atoms with Crippen LogP contribution in [0.3, 0.4) is 0 Å². The quantitative estimate of drug-likeness (QED) is 0.712. The average molecular weight is 408 g/mol. The number of amides is 2. The molecular weight excluding hydrogens is 380 g/mol. The van der Waals surface area contributed by atoms with E-state index in [-0.39, 0.29) is 36.8 Å². The zero-order valence-electron chi connectivity index (χ0n) is 18.1. The van der Waals surface area contributed by atoms with Crippen molar-refractivity contribution in [2.45, 2.75) is 33.8 Å². The number of hydrogen-bond donors (Lipinski definition) is 1. The van der Waals surface area contributed by atoms with E-state index in [0.29, 0.717) is 22.6 Å². The third-order valence-electron chi connectivity index (χ3n) is 5.00. The highest BCUT2D eigenvalue weighted by molar-refractivity contribution is 6.45. The van der Waals surface area contributed by atoms with Crippen LogP contribution in [0.5, 0.6) is 5.75 Å².